The van der Waals surface area contributed by atoms with Gasteiger partial charge in [-0.25, -0.2) is 27.4 Å². The number of amides is 1. The molecule has 0 aliphatic carbocycles. The van der Waals surface area contributed by atoms with Crippen LogP contribution in [0.3, 0.4) is 0 Å². The van der Waals surface area contributed by atoms with Crippen LogP contribution in [0.1, 0.15) is 21.7 Å². The van der Waals surface area contributed by atoms with Crippen molar-refractivity contribution in [1.82, 2.24) is 5.43 Å². The SMILES string of the molecule is Cc1occc1C(=O)N/N=C/c1c(F)c(F)c(F)c(F)c1F. The molecule has 0 saturated heterocycles. The highest BCUT2D eigenvalue weighted by atomic mass is 19.2. The van der Waals surface area contributed by atoms with E-state index in [2.05, 4.69) is 5.10 Å². The normalized spacial score (nSPS) is 11.2. The molecule has 1 aromatic carbocycles. The maximum atomic E-state index is 13.3. The Morgan fingerprint density at radius 2 is 1.64 bits per heavy atom. The number of aryl methyl sites for hydroxylation is 1. The number of halogens is 5. The smallest absolute Gasteiger partial charge is 0.274 e. The second kappa shape index (κ2) is 5.96. The van der Waals surface area contributed by atoms with Gasteiger partial charge in [0.15, 0.2) is 23.3 Å². The molecule has 22 heavy (non-hydrogen) atoms. The van der Waals surface area contributed by atoms with Crippen LogP contribution in [-0.2, 0) is 0 Å². The average molecular weight is 318 g/mol. The summed E-state index contributed by atoms with van der Waals surface area (Å²) in [6.45, 7) is 1.49. The summed E-state index contributed by atoms with van der Waals surface area (Å²) in [5.74, 6) is -11.1. The van der Waals surface area contributed by atoms with Gasteiger partial charge in [0.2, 0.25) is 5.82 Å². The summed E-state index contributed by atoms with van der Waals surface area (Å²) in [7, 11) is 0. The quantitative estimate of drug-likeness (QED) is 0.311. The van der Waals surface area contributed by atoms with E-state index in [0.29, 0.717) is 6.21 Å². The van der Waals surface area contributed by atoms with Crippen LogP contribution >= 0.6 is 0 Å². The van der Waals surface area contributed by atoms with Crippen LogP contribution in [0.4, 0.5) is 22.0 Å². The minimum absolute atomic E-state index is 0.106. The lowest BCUT2D eigenvalue weighted by atomic mass is 10.2. The Labute approximate surface area is 120 Å². The van der Waals surface area contributed by atoms with Gasteiger partial charge in [0.1, 0.15) is 5.76 Å². The second-order valence-electron chi connectivity index (χ2n) is 4.07. The van der Waals surface area contributed by atoms with Gasteiger partial charge >= 0.3 is 0 Å². The lowest BCUT2D eigenvalue weighted by Gasteiger charge is -2.04. The zero-order valence-electron chi connectivity index (χ0n) is 10.9. The summed E-state index contributed by atoms with van der Waals surface area (Å²) < 4.78 is 70.2. The van der Waals surface area contributed by atoms with Gasteiger partial charge in [0, 0.05) is 0 Å². The third kappa shape index (κ3) is 2.69. The molecule has 0 spiro atoms. The highest BCUT2D eigenvalue weighted by molar-refractivity contribution is 5.95. The molecule has 1 heterocycles. The lowest BCUT2D eigenvalue weighted by Crippen LogP contribution is -2.18. The van der Waals surface area contributed by atoms with Crippen LogP contribution in [0.2, 0.25) is 0 Å². The zero-order chi connectivity index (χ0) is 16.4. The number of hydrogen-bond donors (Lipinski definition) is 1. The molecule has 0 unspecified atom stereocenters. The highest BCUT2D eigenvalue weighted by Crippen LogP contribution is 2.21. The van der Waals surface area contributed by atoms with Crippen molar-refractivity contribution in [3.63, 3.8) is 0 Å². The molecule has 0 radical (unpaired) electrons. The molecule has 2 aromatic rings. The third-order valence-corrected chi connectivity index (χ3v) is 2.71. The molecule has 0 saturated carbocycles. The first kappa shape index (κ1) is 15.7. The number of carbonyl (C=O) groups excluding carboxylic acids is 1. The highest BCUT2D eigenvalue weighted by Gasteiger charge is 2.24. The molecule has 1 amide bonds. The molecule has 2 rings (SSSR count). The summed E-state index contributed by atoms with van der Waals surface area (Å²) in [6.07, 6.45) is 1.56. The molecule has 0 bridgehead atoms. The number of furan rings is 1. The summed E-state index contributed by atoms with van der Waals surface area (Å²) >= 11 is 0. The van der Waals surface area contributed by atoms with E-state index in [4.69, 9.17) is 4.42 Å². The van der Waals surface area contributed by atoms with Crippen molar-refractivity contribution in [2.24, 2.45) is 5.10 Å². The van der Waals surface area contributed by atoms with E-state index in [-0.39, 0.29) is 11.3 Å². The van der Waals surface area contributed by atoms with Gasteiger partial charge in [-0.2, -0.15) is 5.10 Å². The fraction of sp³-hybridized carbons (Fsp3) is 0.0769. The second-order valence-corrected chi connectivity index (χ2v) is 4.07. The van der Waals surface area contributed by atoms with Crippen molar-refractivity contribution < 1.29 is 31.2 Å². The maximum absolute atomic E-state index is 13.3. The van der Waals surface area contributed by atoms with Gasteiger partial charge in [-0.1, -0.05) is 0 Å². The number of hydrogen-bond acceptors (Lipinski definition) is 3. The first-order valence-electron chi connectivity index (χ1n) is 5.73. The first-order chi connectivity index (χ1) is 10.3. The third-order valence-electron chi connectivity index (χ3n) is 2.71. The number of hydrazone groups is 1. The molecule has 9 heteroatoms. The van der Waals surface area contributed by atoms with E-state index >= 15 is 0 Å². The number of benzene rings is 1. The van der Waals surface area contributed by atoms with Gasteiger partial charge < -0.3 is 4.42 Å². The Morgan fingerprint density at radius 3 is 2.14 bits per heavy atom. The molecule has 1 aromatic heterocycles. The lowest BCUT2D eigenvalue weighted by molar-refractivity contribution is 0.0953. The fourth-order valence-electron chi connectivity index (χ4n) is 1.57. The maximum Gasteiger partial charge on any atom is 0.274 e. The first-order valence-corrected chi connectivity index (χ1v) is 5.73. The Hall–Kier alpha value is -2.71. The standard InChI is InChI=1S/C13H7F5N2O2/c1-5-6(2-3-22-5)13(21)20-19-4-7-8(14)10(16)12(18)11(17)9(7)15/h2-4H,1H3,(H,20,21)/b19-4+. The van der Waals surface area contributed by atoms with E-state index in [9.17, 15) is 26.7 Å². The number of nitrogens with zero attached hydrogens (tertiary/aromatic N) is 1. The molecule has 4 nitrogen and oxygen atoms in total. The van der Waals surface area contributed by atoms with Crippen molar-refractivity contribution in [2.45, 2.75) is 6.92 Å². The van der Waals surface area contributed by atoms with Crippen LogP contribution in [-0.4, -0.2) is 12.1 Å². The molecular formula is C13H7F5N2O2. The Morgan fingerprint density at radius 1 is 1.09 bits per heavy atom. The van der Waals surface area contributed by atoms with Crippen LogP contribution in [0.25, 0.3) is 0 Å². The largest absolute Gasteiger partial charge is 0.469 e. The average Bonchev–Trinajstić information content (AvgIpc) is 2.92. The number of nitrogens with one attached hydrogen (secondary N) is 1. The fourth-order valence-corrected chi connectivity index (χ4v) is 1.57. The number of carbonyl (C=O) groups is 1. The minimum atomic E-state index is -2.27. The van der Waals surface area contributed by atoms with Crippen molar-refractivity contribution in [3.8, 4) is 0 Å². The topological polar surface area (TPSA) is 54.6 Å². The minimum Gasteiger partial charge on any atom is -0.469 e. The summed E-state index contributed by atoms with van der Waals surface area (Å²) in [6, 6.07) is 1.32. The predicted molar refractivity (Wildman–Crippen MR) is 64.7 cm³/mol. The Kier molecular flexibility index (Phi) is 4.25. The summed E-state index contributed by atoms with van der Waals surface area (Å²) in [5.41, 5.74) is 0.724. The molecule has 116 valence electrons. The van der Waals surface area contributed by atoms with E-state index in [0.717, 1.165) is 0 Å². The monoisotopic (exact) mass is 318 g/mol. The summed E-state index contributed by atoms with van der Waals surface area (Å²) in [5, 5.41) is 3.17. The van der Waals surface area contributed by atoms with Crippen molar-refractivity contribution in [3.05, 3.63) is 58.3 Å². The number of rotatable bonds is 3. The van der Waals surface area contributed by atoms with Crippen molar-refractivity contribution in [1.29, 1.82) is 0 Å². The molecule has 1 N–H and O–H groups in total. The van der Waals surface area contributed by atoms with Crippen LogP contribution in [0.15, 0.2) is 21.8 Å². The zero-order valence-corrected chi connectivity index (χ0v) is 10.9. The van der Waals surface area contributed by atoms with E-state index in [1.54, 1.807) is 0 Å². The van der Waals surface area contributed by atoms with Crippen LogP contribution in [0.5, 0.6) is 0 Å². The van der Waals surface area contributed by atoms with Gasteiger partial charge in [-0.15, -0.1) is 0 Å². The Balaban J connectivity index is 2.25. The summed E-state index contributed by atoms with van der Waals surface area (Å²) in [4.78, 5) is 11.6. The van der Waals surface area contributed by atoms with Crippen molar-refractivity contribution in [2.75, 3.05) is 0 Å². The van der Waals surface area contributed by atoms with Gasteiger partial charge in [0.05, 0.1) is 23.6 Å². The Bertz CT molecular complexity index is 741. The van der Waals surface area contributed by atoms with E-state index < -0.39 is 40.6 Å². The van der Waals surface area contributed by atoms with E-state index in [1.807, 2.05) is 5.43 Å². The van der Waals surface area contributed by atoms with Gasteiger partial charge in [-0.3, -0.25) is 4.79 Å². The van der Waals surface area contributed by atoms with Crippen LogP contribution in [0, 0.1) is 36.0 Å². The molecule has 0 aliphatic heterocycles. The van der Waals surface area contributed by atoms with Crippen LogP contribution < -0.4 is 5.43 Å². The van der Waals surface area contributed by atoms with Gasteiger partial charge in [0.25, 0.3) is 5.91 Å². The van der Waals surface area contributed by atoms with E-state index in [1.165, 1.54) is 19.3 Å². The molecular weight excluding hydrogens is 311 g/mol. The molecule has 0 aliphatic rings. The molecule has 0 atom stereocenters. The van der Waals surface area contributed by atoms with Gasteiger partial charge in [-0.05, 0) is 13.0 Å². The van der Waals surface area contributed by atoms with Crippen molar-refractivity contribution >= 4 is 12.1 Å². The molecule has 0 fully saturated rings. The predicted octanol–water partition coefficient (Wildman–Crippen LogP) is 3.05.